The summed E-state index contributed by atoms with van der Waals surface area (Å²) < 4.78 is 34.2. The third-order valence-corrected chi connectivity index (χ3v) is 8.09. The quantitative estimate of drug-likeness (QED) is 0.124. The van der Waals surface area contributed by atoms with Gasteiger partial charge in [0.1, 0.15) is 6.04 Å². The molecule has 0 saturated carbocycles. The Morgan fingerprint density at radius 1 is 0.946 bits per heavy atom. The number of carbonyl (C=O) groups is 2. The van der Waals surface area contributed by atoms with Gasteiger partial charge in [-0.15, -0.1) is 0 Å². The maximum absolute atomic E-state index is 11.8. The molecule has 8 nitrogen and oxygen atoms in total. The van der Waals surface area contributed by atoms with Crippen molar-refractivity contribution in [1.82, 2.24) is 8.72 Å². The third kappa shape index (κ3) is 11.3. The molecule has 0 aromatic heterocycles. The van der Waals surface area contributed by atoms with Crippen LogP contribution in [0.4, 0.5) is 0 Å². The zero-order valence-electron chi connectivity index (χ0n) is 23.0. The molecule has 0 N–H and O–H groups in total. The van der Waals surface area contributed by atoms with Crippen molar-refractivity contribution in [1.29, 1.82) is 0 Å². The molecule has 1 atom stereocenters. The molecule has 2 amide bonds. The molecular weight excluding hydrogens is 514 g/mol. The molecule has 10 heteroatoms. The Balaban J connectivity index is 0.000000377. The van der Waals surface area contributed by atoms with E-state index in [0.717, 1.165) is 0 Å². The molecule has 1 aromatic rings. The van der Waals surface area contributed by atoms with Crippen molar-refractivity contribution in [2.45, 2.75) is 91.5 Å². The van der Waals surface area contributed by atoms with Crippen LogP contribution in [0.1, 0.15) is 84.6 Å². The highest BCUT2D eigenvalue weighted by Crippen LogP contribution is 2.22. The van der Waals surface area contributed by atoms with Crippen LogP contribution in [-0.2, 0) is 26.3 Å². The Kier molecular flexibility index (Phi) is 15.3. The Morgan fingerprint density at radius 2 is 1.38 bits per heavy atom. The van der Waals surface area contributed by atoms with Gasteiger partial charge in [0.2, 0.25) is 5.91 Å². The van der Waals surface area contributed by atoms with E-state index in [0.29, 0.717) is 9.98 Å². The number of carbonyl (C=O) groups excluding carboxylic acids is 2. The van der Waals surface area contributed by atoms with Crippen LogP contribution in [-0.4, -0.2) is 76.8 Å². The van der Waals surface area contributed by atoms with E-state index in [-0.39, 0.29) is 10.7 Å². The predicted molar refractivity (Wildman–Crippen MR) is 147 cm³/mol. The third-order valence-electron chi connectivity index (χ3n) is 6.79. The van der Waals surface area contributed by atoms with Crippen LogP contribution in [0.2, 0.25) is 0 Å². The SMILES string of the molecule is CCCC[N+](CCCC)(CCCC)CCCC.O=C(Cc1ccccc1)N(Cl)C1CN(S(=O)(=O)[O-])C1=O. The lowest BCUT2D eigenvalue weighted by molar-refractivity contribution is -0.929. The van der Waals surface area contributed by atoms with Gasteiger partial charge >= 0.3 is 0 Å². The van der Waals surface area contributed by atoms with Crippen molar-refractivity contribution in [3.63, 3.8) is 0 Å². The Labute approximate surface area is 229 Å². The van der Waals surface area contributed by atoms with Crippen molar-refractivity contribution >= 4 is 33.9 Å². The minimum Gasteiger partial charge on any atom is -0.731 e. The fourth-order valence-electron chi connectivity index (χ4n) is 4.41. The Morgan fingerprint density at radius 3 is 1.73 bits per heavy atom. The van der Waals surface area contributed by atoms with Gasteiger partial charge in [-0.1, -0.05) is 83.7 Å². The minimum atomic E-state index is -4.83. The van der Waals surface area contributed by atoms with Gasteiger partial charge in [0, 0.05) is 11.8 Å². The van der Waals surface area contributed by atoms with Crippen molar-refractivity contribution in [3.8, 4) is 0 Å². The second-order valence-electron chi connectivity index (χ2n) is 9.86. The first-order chi connectivity index (χ1) is 17.5. The van der Waals surface area contributed by atoms with Crippen LogP contribution in [0, 0.1) is 0 Å². The van der Waals surface area contributed by atoms with E-state index in [1.165, 1.54) is 82.0 Å². The molecule has 1 heterocycles. The summed E-state index contributed by atoms with van der Waals surface area (Å²) in [5.74, 6) is -1.53. The number of hydrogen-bond donors (Lipinski definition) is 0. The van der Waals surface area contributed by atoms with Gasteiger partial charge in [-0.25, -0.2) is 17.1 Å². The van der Waals surface area contributed by atoms with Gasteiger partial charge in [-0.05, 0) is 31.2 Å². The summed E-state index contributed by atoms with van der Waals surface area (Å²) in [6.07, 6.45) is 11.0. The van der Waals surface area contributed by atoms with E-state index in [4.69, 9.17) is 11.8 Å². The number of rotatable bonds is 16. The van der Waals surface area contributed by atoms with Gasteiger partial charge in [0.05, 0.1) is 39.1 Å². The highest BCUT2D eigenvalue weighted by Gasteiger charge is 2.45. The molecule has 0 bridgehead atoms. The first-order valence-electron chi connectivity index (χ1n) is 13.7. The number of benzene rings is 1. The molecule has 0 spiro atoms. The monoisotopic (exact) mass is 559 g/mol. The van der Waals surface area contributed by atoms with Crippen LogP contribution in [0.25, 0.3) is 0 Å². The minimum absolute atomic E-state index is 0.0156. The Bertz CT molecular complexity index is 876. The van der Waals surface area contributed by atoms with Gasteiger partial charge in [0.25, 0.3) is 5.91 Å². The average Bonchev–Trinajstić information content (AvgIpc) is 2.87. The van der Waals surface area contributed by atoms with Crippen molar-refractivity contribution in [3.05, 3.63) is 35.9 Å². The van der Waals surface area contributed by atoms with Crippen LogP contribution in [0.15, 0.2) is 30.3 Å². The molecule has 1 fully saturated rings. The maximum atomic E-state index is 11.8. The molecule has 1 unspecified atom stereocenters. The van der Waals surface area contributed by atoms with E-state index in [2.05, 4.69) is 27.7 Å². The lowest BCUT2D eigenvalue weighted by atomic mass is 10.1. The molecule has 1 aliphatic rings. The summed E-state index contributed by atoms with van der Waals surface area (Å²) in [5, 5.41) is 0. The van der Waals surface area contributed by atoms with E-state index in [1.54, 1.807) is 30.3 Å². The summed E-state index contributed by atoms with van der Waals surface area (Å²) >= 11 is 5.73. The molecule has 0 aliphatic carbocycles. The fraction of sp³-hybridized carbons (Fsp3) is 0.704. The van der Waals surface area contributed by atoms with E-state index in [1.807, 2.05) is 0 Å². The highest BCUT2D eigenvalue weighted by molar-refractivity contribution is 7.84. The number of halogens is 1. The molecule has 0 radical (unpaired) electrons. The fourth-order valence-corrected chi connectivity index (χ4v) is 5.28. The number of unbranched alkanes of at least 4 members (excludes halogenated alkanes) is 4. The van der Waals surface area contributed by atoms with Gasteiger partial charge in [0.15, 0.2) is 10.3 Å². The maximum Gasteiger partial charge on any atom is 0.261 e. The summed E-state index contributed by atoms with van der Waals surface area (Å²) in [7, 11) is -4.83. The first kappa shape index (κ1) is 33.3. The summed E-state index contributed by atoms with van der Waals surface area (Å²) in [6, 6.07) is 7.62. The van der Waals surface area contributed by atoms with E-state index in [9.17, 15) is 22.6 Å². The van der Waals surface area contributed by atoms with Gasteiger partial charge in [-0.3, -0.25) is 9.59 Å². The predicted octanol–water partition coefficient (Wildman–Crippen LogP) is 4.89. The van der Waals surface area contributed by atoms with Crippen LogP contribution in [0.3, 0.4) is 0 Å². The summed E-state index contributed by atoms with van der Waals surface area (Å²) in [4.78, 5) is 23.3. The number of nitrogens with zero attached hydrogens (tertiary/aromatic N) is 3. The zero-order valence-corrected chi connectivity index (χ0v) is 24.6. The smallest absolute Gasteiger partial charge is 0.261 e. The lowest BCUT2D eigenvalue weighted by Gasteiger charge is -2.41. The normalized spacial score (nSPS) is 15.6. The topological polar surface area (TPSA) is 97.8 Å². The average molecular weight is 560 g/mol. The molecule has 2 rings (SSSR count). The van der Waals surface area contributed by atoms with Crippen LogP contribution in [0.5, 0.6) is 0 Å². The number of β-lactam (4-membered cyclic amide) rings is 1. The second-order valence-corrected chi connectivity index (χ2v) is 11.5. The van der Waals surface area contributed by atoms with Gasteiger partial charge in [-0.2, -0.15) is 0 Å². The Hall–Kier alpha value is -1.68. The first-order valence-corrected chi connectivity index (χ1v) is 15.4. The number of amides is 2. The van der Waals surface area contributed by atoms with Crippen molar-refractivity contribution in [2.75, 3.05) is 32.7 Å². The highest BCUT2D eigenvalue weighted by atomic mass is 35.5. The molecule has 37 heavy (non-hydrogen) atoms. The van der Waals surface area contributed by atoms with Crippen LogP contribution < -0.4 is 0 Å². The standard InChI is InChI=1S/C16H36N.C11H11ClN2O5S/c1-5-9-13-17(14-10-6-2,15-11-7-3)16-12-8-4;12-14(9-7-13(11(9)16)20(17,18)19)10(15)6-8-4-2-1-3-5-8/h5-16H2,1-4H3;1-5,9H,6-7H2,(H,17,18,19)/q+1;/p-1. The molecule has 1 aromatic carbocycles. The van der Waals surface area contributed by atoms with Crippen molar-refractivity contribution in [2.24, 2.45) is 0 Å². The van der Waals surface area contributed by atoms with Gasteiger partial charge < -0.3 is 9.04 Å². The summed E-state index contributed by atoms with van der Waals surface area (Å²) in [6.45, 7) is 14.6. The van der Waals surface area contributed by atoms with E-state index < -0.39 is 34.7 Å². The number of quaternary nitrogens is 1. The van der Waals surface area contributed by atoms with Crippen LogP contribution >= 0.6 is 11.8 Å². The molecular formula is C27H46ClN3O5S. The molecule has 1 saturated heterocycles. The number of hydrogen-bond acceptors (Lipinski definition) is 5. The summed E-state index contributed by atoms with van der Waals surface area (Å²) in [5.41, 5.74) is 0.711. The largest absolute Gasteiger partial charge is 0.731 e. The lowest BCUT2D eigenvalue weighted by Crippen LogP contribution is -2.64. The molecule has 1 aliphatic heterocycles. The van der Waals surface area contributed by atoms with E-state index >= 15 is 0 Å². The second kappa shape index (κ2) is 17.0. The van der Waals surface area contributed by atoms with Crippen molar-refractivity contribution < 1.29 is 27.0 Å². The zero-order chi connectivity index (χ0) is 27.9. The molecule has 212 valence electrons.